The molecule has 0 saturated heterocycles. The van der Waals surface area contributed by atoms with Gasteiger partial charge in [-0.3, -0.25) is 9.78 Å². The Labute approximate surface area is 156 Å². The summed E-state index contributed by atoms with van der Waals surface area (Å²) < 4.78 is 19.0. The highest BCUT2D eigenvalue weighted by molar-refractivity contribution is 9.10. The summed E-state index contributed by atoms with van der Waals surface area (Å²) in [6, 6.07) is 9.42. The number of benzene rings is 1. The minimum atomic E-state index is -0.500. The van der Waals surface area contributed by atoms with E-state index in [1.807, 2.05) is 12.1 Å². The number of aromatic amines is 1. The molecule has 0 saturated carbocycles. The molecule has 0 aliphatic heterocycles. The number of nitrogens with zero attached hydrogens (tertiary/aromatic N) is 3. The lowest BCUT2D eigenvalue weighted by Gasteiger charge is -2.10. The highest BCUT2D eigenvalue weighted by Crippen LogP contribution is 2.21. The van der Waals surface area contributed by atoms with Gasteiger partial charge in [0.05, 0.1) is 11.6 Å². The zero-order valence-electron chi connectivity index (χ0n) is 13.4. The molecule has 8 heteroatoms. The van der Waals surface area contributed by atoms with Crippen LogP contribution in [-0.2, 0) is 13.0 Å². The van der Waals surface area contributed by atoms with Crippen molar-refractivity contribution in [3.63, 3.8) is 0 Å². The lowest BCUT2D eigenvalue weighted by molar-refractivity contribution is 0.289. The van der Waals surface area contributed by atoms with Gasteiger partial charge < -0.3 is 9.72 Å². The Morgan fingerprint density at radius 2 is 2.19 bits per heavy atom. The third-order valence-electron chi connectivity index (χ3n) is 3.53. The first kappa shape index (κ1) is 17.8. The minimum absolute atomic E-state index is 0.0233. The number of H-pyrrole nitrogens is 1. The number of ether oxygens (including phenoxy) is 1. The molecule has 0 atom stereocenters. The van der Waals surface area contributed by atoms with Crippen molar-refractivity contribution in [2.75, 3.05) is 0 Å². The average molecular weight is 415 g/mol. The Balaban J connectivity index is 1.84. The van der Waals surface area contributed by atoms with E-state index in [0.717, 1.165) is 11.6 Å². The van der Waals surface area contributed by atoms with Gasteiger partial charge in [0.2, 0.25) is 5.88 Å². The topological polar surface area (TPSA) is 91.7 Å². The van der Waals surface area contributed by atoms with Gasteiger partial charge in [-0.1, -0.05) is 12.1 Å². The number of pyridine rings is 1. The van der Waals surface area contributed by atoms with Gasteiger partial charge in [0.25, 0.3) is 5.56 Å². The fraction of sp³-hybridized carbons (Fsp3) is 0.111. The average Bonchev–Trinajstić information content (AvgIpc) is 2.65. The van der Waals surface area contributed by atoms with E-state index >= 15 is 0 Å². The lowest BCUT2D eigenvalue weighted by Crippen LogP contribution is -2.15. The second kappa shape index (κ2) is 7.89. The Kier molecular flexibility index (Phi) is 5.39. The van der Waals surface area contributed by atoms with Crippen LogP contribution in [0.4, 0.5) is 4.39 Å². The van der Waals surface area contributed by atoms with Crippen molar-refractivity contribution in [2.24, 2.45) is 0 Å². The van der Waals surface area contributed by atoms with E-state index in [1.54, 1.807) is 18.5 Å². The molecule has 26 heavy (non-hydrogen) atoms. The highest BCUT2D eigenvalue weighted by atomic mass is 79.9. The third-order valence-corrected chi connectivity index (χ3v) is 4.23. The fourth-order valence-corrected chi connectivity index (χ4v) is 2.59. The number of aromatic nitrogens is 3. The molecular weight excluding hydrogens is 403 g/mol. The first-order chi connectivity index (χ1) is 12.6. The van der Waals surface area contributed by atoms with Crippen LogP contribution in [0.15, 0.2) is 52.0 Å². The maximum absolute atomic E-state index is 13.2. The Morgan fingerprint density at radius 3 is 2.92 bits per heavy atom. The number of nitrogens with one attached hydrogen (secondary N) is 1. The molecule has 6 nitrogen and oxygen atoms in total. The molecular formula is C18H12BrFN4O2. The van der Waals surface area contributed by atoms with Crippen LogP contribution in [0.3, 0.4) is 0 Å². The van der Waals surface area contributed by atoms with Crippen LogP contribution in [0.2, 0.25) is 0 Å². The first-order valence-electron chi connectivity index (χ1n) is 7.55. The van der Waals surface area contributed by atoms with E-state index in [1.165, 1.54) is 12.1 Å². The summed E-state index contributed by atoms with van der Waals surface area (Å²) in [5, 5.41) is 9.09. The summed E-state index contributed by atoms with van der Waals surface area (Å²) >= 11 is 3.15. The molecule has 1 N–H and O–H groups in total. The third kappa shape index (κ3) is 4.13. The minimum Gasteiger partial charge on any atom is -0.472 e. The molecule has 0 spiro atoms. The normalized spacial score (nSPS) is 10.3. The monoisotopic (exact) mass is 414 g/mol. The van der Waals surface area contributed by atoms with Crippen molar-refractivity contribution in [1.29, 1.82) is 5.26 Å². The number of halogens is 2. The summed E-state index contributed by atoms with van der Waals surface area (Å²) in [4.78, 5) is 23.1. The van der Waals surface area contributed by atoms with Gasteiger partial charge in [0, 0.05) is 24.4 Å². The second-order valence-corrected chi connectivity index (χ2v) is 6.16. The van der Waals surface area contributed by atoms with Crippen LogP contribution in [0.1, 0.15) is 22.5 Å². The van der Waals surface area contributed by atoms with Gasteiger partial charge in [-0.25, -0.2) is 4.39 Å². The summed E-state index contributed by atoms with van der Waals surface area (Å²) in [5.41, 5.74) is 1.17. The molecule has 0 aliphatic rings. The van der Waals surface area contributed by atoms with Gasteiger partial charge >= 0.3 is 0 Å². The van der Waals surface area contributed by atoms with Crippen LogP contribution in [0.25, 0.3) is 0 Å². The zero-order valence-corrected chi connectivity index (χ0v) is 15.0. The molecule has 0 amide bonds. The Bertz CT molecular complexity index is 1030. The number of hydrogen-bond donors (Lipinski definition) is 1. The summed E-state index contributed by atoms with van der Waals surface area (Å²) in [7, 11) is 0. The van der Waals surface area contributed by atoms with Gasteiger partial charge in [-0.05, 0) is 39.7 Å². The first-order valence-corrected chi connectivity index (χ1v) is 8.35. The van der Waals surface area contributed by atoms with E-state index in [0.29, 0.717) is 17.8 Å². The van der Waals surface area contributed by atoms with E-state index < -0.39 is 5.82 Å². The molecule has 0 radical (unpaired) electrons. The second-order valence-electron chi connectivity index (χ2n) is 5.37. The SMILES string of the molecule is N#Cc1cc(F)ccc1COc1nc(Cc2cccnc2)[nH]c(=O)c1Br. The molecule has 3 rings (SSSR count). The predicted molar refractivity (Wildman–Crippen MR) is 95.0 cm³/mol. The van der Waals surface area contributed by atoms with Crippen LogP contribution in [-0.4, -0.2) is 15.0 Å². The molecule has 0 bridgehead atoms. The van der Waals surface area contributed by atoms with E-state index in [9.17, 15) is 9.18 Å². The van der Waals surface area contributed by atoms with Crippen molar-refractivity contribution >= 4 is 15.9 Å². The predicted octanol–water partition coefficient (Wildman–Crippen LogP) is 3.11. The number of nitriles is 1. The molecule has 1 aromatic carbocycles. The Hall–Kier alpha value is -3.05. The standard InChI is InChI=1S/C18H12BrFN4O2/c19-16-17(25)23-15(6-11-2-1-5-22-9-11)24-18(16)26-10-12-3-4-14(20)7-13(12)8-21/h1-5,7,9H,6,10H2,(H,23,24,25). The molecule has 2 aromatic heterocycles. The van der Waals surface area contributed by atoms with Gasteiger partial charge in [-0.2, -0.15) is 10.2 Å². The van der Waals surface area contributed by atoms with Crippen LogP contribution in [0, 0.1) is 17.1 Å². The zero-order chi connectivity index (χ0) is 18.5. The van der Waals surface area contributed by atoms with Crippen molar-refractivity contribution in [3.05, 3.63) is 85.9 Å². The number of hydrogen-bond acceptors (Lipinski definition) is 5. The molecule has 2 heterocycles. The van der Waals surface area contributed by atoms with Crippen molar-refractivity contribution in [3.8, 4) is 11.9 Å². The molecule has 0 aliphatic carbocycles. The summed E-state index contributed by atoms with van der Waals surface area (Å²) in [6.07, 6.45) is 3.72. The smallest absolute Gasteiger partial charge is 0.269 e. The van der Waals surface area contributed by atoms with Crippen LogP contribution < -0.4 is 10.3 Å². The van der Waals surface area contributed by atoms with Crippen LogP contribution >= 0.6 is 15.9 Å². The molecule has 0 unspecified atom stereocenters. The van der Waals surface area contributed by atoms with E-state index in [-0.39, 0.29) is 28.1 Å². The fourth-order valence-electron chi connectivity index (χ4n) is 2.28. The quantitative estimate of drug-likeness (QED) is 0.692. The van der Waals surface area contributed by atoms with Crippen molar-refractivity contribution in [2.45, 2.75) is 13.0 Å². The van der Waals surface area contributed by atoms with Crippen molar-refractivity contribution < 1.29 is 9.13 Å². The highest BCUT2D eigenvalue weighted by Gasteiger charge is 2.13. The molecule has 0 fully saturated rings. The largest absolute Gasteiger partial charge is 0.472 e. The molecule has 130 valence electrons. The van der Waals surface area contributed by atoms with Crippen LogP contribution in [0.5, 0.6) is 5.88 Å². The van der Waals surface area contributed by atoms with Crippen molar-refractivity contribution in [1.82, 2.24) is 15.0 Å². The maximum Gasteiger partial charge on any atom is 0.269 e. The molecule has 3 aromatic rings. The van der Waals surface area contributed by atoms with Gasteiger partial charge in [-0.15, -0.1) is 0 Å². The van der Waals surface area contributed by atoms with Gasteiger partial charge in [0.15, 0.2) is 0 Å². The Morgan fingerprint density at radius 1 is 1.35 bits per heavy atom. The summed E-state index contributed by atoms with van der Waals surface area (Å²) in [6.45, 7) is -0.0233. The maximum atomic E-state index is 13.2. The van der Waals surface area contributed by atoms with E-state index in [4.69, 9.17) is 10.00 Å². The van der Waals surface area contributed by atoms with Gasteiger partial charge in [0.1, 0.15) is 22.7 Å². The lowest BCUT2D eigenvalue weighted by atomic mass is 10.1. The number of rotatable bonds is 5. The van der Waals surface area contributed by atoms with E-state index in [2.05, 4.69) is 30.9 Å². The summed E-state index contributed by atoms with van der Waals surface area (Å²) in [5.74, 6) is 0.0150.